The fourth-order valence-corrected chi connectivity index (χ4v) is 4.16. The molecule has 1 saturated heterocycles. The lowest BCUT2D eigenvalue weighted by atomic mass is 10.1. The Bertz CT molecular complexity index is 1100. The maximum atomic E-state index is 12.9. The van der Waals surface area contributed by atoms with Crippen LogP contribution in [-0.2, 0) is 17.9 Å². The number of nitrogens with one attached hydrogen (secondary N) is 2. The van der Waals surface area contributed by atoms with Gasteiger partial charge >= 0.3 is 0 Å². The van der Waals surface area contributed by atoms with Crippen LogP contribution in [-0.4, -0.2) is 28.4 Å². The Morgan fingerprint density at radius 3 is 2.79 bits per heavy atom. The number of hydrogen-bond donors (Lipinski definition) is 2. The molecule has 5 nitrogen and oxygen atoms in total. The van der Waals surface area contributed by atoms with E-state index in [9.17, 15) is 9.59 Å². The number of amides is 1. The molecule has 2 heterocycles. The van der Waals surface area contributed by atoms with Gasteiger partial charge in [0, 0.05) is 24.2 Å². The SMILES string of the molecule is Cc1cccc(CN2CCCC2C(=O)NCc2cc3cc(C)ccc3[nH]c2=O)c1. The zero-order valence-electron chi connectivity index (χ0n) is 17.0. The second kappa shape index (κ2) is 8.21. The van der Waals surface area contributed by atoms with Crippen molar-refractivity contribution in [2.24, 2.45) is 0 Å². The van der Waals surface area contributed by atoms with Crippen LogP contribution in [0, 0.1) is 13.8 Å². The summed E-state index contributed by atoms with van der Waals surface area (Å²) < 4.78 is 0. The summed E-state index contributed by atoms with van der Waals surface area (Å²) in [6, 6.07) is 16.1. The van der Waals surface area contributed by atoms with Crippen molar-refractivity contribution in [3.8, 4) is 0 Å². The van der Waals surface area contributed by atoms with Crippen LogP contribution in [0.25, 0.3) is 10.9 Å². The highest BCUT2D eigenvalue weighted by molar-refractivity contribution is 5.82. The van der Waals surface area contributed by atoms with E-state index < -0.39 is 0 Å². The Hall–Kier alpha value is -2.92. The lowest BCUT2D eigenvalue weighted by molar-refractivity contribution is -0.125. The summed E-state index contributed by atoms with van der Waals surface area (Å²) in [4.78, 5) is 30.4. The zero-order chi connectivity index (χ0) is 20.4. The molecule has 3 aromatic rings. The predicted molar refractivity (Wildman–Crippen MR) is 116 cm³/mol. The van der Waals surface area contributed by atoms with Gasteiger partial charge in [0.15, 0.2) is 0 Å². The number of hydrogen-bond acceptors (Lipinski definition) is 3. The lowest BCUT2D eigenvalue weighted by Crippen LogP contribution is -2.43. The van der Waals surface area contributed by atoms with Crippen molar-refractivity contribution >= 4 is 16.8 Å². The first-order chi connectivity index (χ1) is 14.0. The van der Waals surface area contributed by atoms with Crippen molar-refractivity contribution in [1.82, 2.24) is 15.2 Å². The molecule has 1 unspecified atom stereocenters. The van der Waals surface area contributed by atoms with Crippen LogP contribution in [0.5, 0.6) is 0 Å². The molecule has 2 aromatic carbocycles. The number of pyridine rings is 1. The standard InChI is InChI=1S/C24H27N3O2/c1-16-5-3-6-18(11-16)15-27-10-4-7-22(27)24(29)25-14-20-13-19-12-17(2)8-9-21(19)26-23(20)28/h3,5-6,8-9,11-13,22H,4,7,10,14-15H2,1-2H3,(H,25,29)(H,26,28). The highest BCUT2D eigenvalue weighted by Crippen LogP contribution is 2.21. The Morgan fingerprint density at radius 1 is 1.14 bits per heavy atom. The second-order valence-electron chi connectivity index (χ2n) is 8.05. The Kier molecular flexibility index (Phi) is 5.49. The number of fused-ring (bicyclic) bond motifs is 1. The maximum Gasteiger partial charge on any atom is 0.253 e. The number of nitrogens with zero attached hydrogens (tertiary/aromatic N) is 1. The fourth-order valence-electron chi connectivity index (χ4n) is 4.16. The van der Waals surface area contributed by atoms with Crippen LogP contribution in [0.2, 0.25) is 0 Å². The average Bonchev–Trinajstić information content (AvgIpc) is 3.14. The predicted octanol–water partition coefficient (Wildman–Crippen LogP) is 3.43. The Morgan fingerprint density at radius 2 is 1.97 bits per heavy atom. The van der Waals surface area contributed by atoms with Gasteiger partial charge in [-0.25, -0.2) is 0 Å². The summed E-state index contributed by atoms with van der Waals surface area (Å²) in [5.41, 5.74) is 4.84. The highest BCUT2D eigenvalue weighted by atomic mass is 16.2. The van der Waals surface area contributed by atoms with Crippen molar-refractivity contribution in [3.63, 3.8) is 0 Å². The van der Waals surface area contributed by atoms with E-state index in [-0.39, 0.29) is 24.1 Å². The maximum absolute atomic E-state index is 12.9. The number of aromatic nitrogens is 1. The molecule has 29 heavy (non-hydrogen) atoms. The molecule has 1 aromatic heterocycles. The third kappa shape index (κ3) is 4.40. The molecule has 0 bridgehead atoms. The molecule has 1 fully saturated rings. The normalized spacial score (nSPS) is 17.0. The van der Waals surface area contributed by atoms with E-state index in [4.69, 9.17) is 0 Å². The van der Waals surface area contributed by atoms with Gasteiger partial charge in [0.2, 0.25) is 5.91 Å². The topological polar surface area (TPSA) is 65.2 Å². The third-order valence-electron chi connectivity index (χ3n) is 5.66. The summed E-state index contributed by atoms with van der Waals surface area (Å²) in [6.07, 6.45) is 1.87. The number of carbonyl (C=O) groups excluding carboxylic acids is 1. The average molecular weight is 389 g/mol. The smallest absolute Gasteiger partial charge is 0.253 e. The van der Waals surface area contributed by atoms with Gasteiger partial charge in [-0.05, 0) is 62.4 Å². The van der Waals surface area contributed by atoms with Gasteiger partial charge in [-0.3, -0.25) is 14.5 Å². The Labute approximate surface area is 170 Å². The minimum absolute atomic E-state index is 0.00103. The minimum atomic E-state index is -0.148. The molecule has 1 amide bonds. The molecule has 150 valence electrons. The molecule has 2 N–H and O–H groups in total. The Balaban J connectivity index is 1.44. The van der Waals surface area contributed by atoms with Crippen molar-refractivity contribution < 1.29 is 4.79 Å². The van der Waals surface area contributed by atoms with Crippen LogP contribution in [0.3, 0.4) is 0 Å². The summed E-state index contributed by atoms with van der Waals surface area (Å²) in [5, 5.41) is 3.97. The van der Waals surface area contributed by atoms with Gasteiger partial charge in [-0.15, -0.1) is 0 Å². The van der Waals surface area contributed by atoms with E-state index in [1.165, 1.54) is 11.1 Å². The fraction of sp³-hybridized carbons (Fsp3) is 0.333. The first-order valence-electron chi connectivity index (χ1n) is 10.2. The number of H-pyrrole nitrogens is 1. The van der Waals surface area contributed by atoms with E-state index in [0.717, 1.165) is 42.4 Å². The summed E-state index contributed by atoms with van der Waals surface area (Å²) in [6.45, 7) is 6.04. The van der Waals surface area contributed by atoms with Gasteiger partial charge in [-0.2, -0.15) is 0 Å². The zero-order valence-corrected chi connectivity index (χ0v) is 17.0. The van der Waals surface area contributed by atoms with Gasteiger partial charge in [0.05, 0.1) is 6.04 Å². The molecule has 1 atom stereocenters. The van der Waals surface area contributed by atoms with E-state index in [1.807, 2.05) is 31.2 Å². The van der Waals surface area contributed by atoms with Crippen LogP contribution in [0.15, 0.2) is 53.3 Å². The molecule has 4 rings (SSSR count). The molecule has 0 radical (unpaired) electrons. The number of aromatic amines is 1. The van der Waals surface area contributed by atoms with E-state index in [2.05, 4.69) is 46.4 Å². The largest absolute Gasteiger partial charge is 0.350 e. The molecular formula is C24H27N3O2. The lowest BCUT2D eigenvalue weighted by Gasteiger charge is -2.24. The molecule has 0 spiro atoms. The van der Waals surface area contributed by atoms with Crippen LogP contribution < -0.4 is 10.9 Å². The summed E-state index contributed by atoms with van der Waals surface area (Å²) in [5.74, 6) is -0.00103. The number of aryl methyl sites for hydroxylation is 2. The van der Waals surface area contributed by atoms with Gasteiger partial charge in [0.25, 0.3) is 5.56 Å². The van der Waals surface area contributed by atoms with Crippen LogP contribution in [0.1, 0.15) is 35.1 Å². The van der Waals surface area contributed by atoms with Crippen molar-refractivity contribution in [1.29, 1.82) is 0 Å². The minimum Gasteiger partial charge on any atom is -0.350 e. The molecule has 1 aliphatic heterocycles. The molecule has 1 aliphatic rings. The number of benzene rings is 2. The van der Waals surface area contributed by atoms with Crippen LogP contribution in [0.4, 0.5) is 0 Å². The van der Waals surface area contributed by atoms with Gasteiger partial charge < -0.3 is 10.3 Å². The van der Waals surface area contributed by atoms with E-state index >= 15 is 0 Å². The third-order valence-corrected chi connectivity index (χ3v) is 5.66. The highest BCUT2D eigenvalue weighted by Gasteiger charge is 2.30. The summed E-state index contributed by atoms with van der Waals surface area (Å²) in [7, 11) is 0. The van der Waals surface area contributed by atoms with Crippen molar-refractivity contribution in [2.75, 3.05) is 6.54 Å². The molecule has 5 heteroatoms. The van der Waals surface area contributed by atoms with Crippen molar-refractivity contribution in [2.45, 2.75) is 45.8 Å². The molecular weight excluding hydrogens is 362 g/mol. The van der Waals surface area contributed by atoms with Crippen LogP contribution >= 0.6 is 0 Å². The molecule has 0 aliphatic carbocycles. The first kappa shape index (κ1) is 19.4. The second-order valence-corrected chi connectivity index (χ2v) is 8.05. The monoisotopic (exact) mass is 389 g/mol. The number of rotatable bonds is 5. The van der Waals surface area contributed by atoms with Gasteiger partial charge in [0.1, 0.15) is 0 Å². The summed E-state index contributed by atoms with van der Waals surface area (Å²) >= 11 is 0. The van der Waals surface area contributed by atoms with E-state index in [0.29, 0.717) is 5.56 Å². The van der Waals surface area contributed by atoms with E-state index in [1.54, 1.807) is 0 Å². The molecule has 0 saturated carbocycles. The number of likely N-dealkylation sites (tertiary alicyclic amines) is 1. The number of carbonyl (C=O) groups is 1. The van der Waals surface area contributed by atoms with Gasteiger partial charge in [-0.1, -0.05) is 41.5 Å². The van der Waals surface area contributed by atoms with Crippen molar-refractivity contribution in [3.05, 3.63) is 81.1 Å². The quantitative estimate of drug-likeness (QED) is 0.703. The first-order valence-corrected chi connectivity index (χ1v) is 10.2.